The first kappa shape index (κ1) is 12.4. The van der Waals surface area contributed by atoms with Crippen LogP contribution in [0.3, 0.4) is 0 Å². The van der Waals surface area contributed by atoms with Crippen LogP contribution in [0.2, 0.25) is 0 Å². The van der Waals surface area contributed by atoms with Gasteiger partial charge >= 0.3 is 0 Å². The summed E-state index contributed by atoms with van der Waals surface area (Å²) in [6.45, 7) is 5.55. The molecule has 0 fully saturated rings. The summed E-state index contributed by atoms with van der Waals surface area (Å²) in [5.74, 6) is 1.37. The Morgan fingerprint density at radius 2 is 1.73 bits per heavy atom. The molecule has 15 heavy (non-hydrogen) atoms. The van der Waals surface area contributed by atoms with Gasteiger partial charge in [0, 0.05) is 18.1 Å². The van der Waals surface area contributed by atoms with Crippen LogP contribution in [0, 0.1) is 5.92 Å². The van der Waals surface area contributed by atoms with Crippen molar-refractivity contribution < 1.29 is 0 Å². The highest BCUT2D eigenvalue weighted by molar-refractivity contribution is 6.17. The third kappa shape index (κ3) is 4.13. The van der Waals surface area contributed by atoms with Crippen molar-refractivity contribution in [3.63, 3.8) is 0 Å². The average Bonchev–Trinajstić information content (AvgIpc) is 2.31. The summed E-state index contributed by atoms with van der Waals surface area (Å²) in [6, 6.07) is 8.34. The molecule has 0 atom stereocenters. The Morgan fingerprint density at radius 3 is 2.20 bits per heavy atom. The SMILES string of the molecule is CCC(CC)CNc1ccc(CCl)cc1. The van der Waals surface area contributed by atoms with E-state index in [0.29, 0.717) is 5.88 Å². The summed E-state index contributed by atoms with van der Waals surface area (Å²) in [6.07, 6.45) is 2.48. The standard InChI is InChI=1S/C13H20ClN/c1-3-11(4-2)10-15-13-7-5-12(9-14)6-8-13/h5-8,11,15H,3-4,9-10H2,1-2H3. The van der Waals surface area contributed by atoms with Gasteiger partial charge in [0.15, 0.2) is 0 Å². The number of rotatable bonds is 6. The van der Waals surface area contributed by atoms with Crippen LogP contribution >= 0.6 is 11.6 Å². The van der Waals surface area contributed by atoms with Gasteiger partial charge in [-0.15, -0.1) is 11.6 Å². The summed E-state index contributed by atoms with van der Waals surface area (Å²) in [4.78, 5) is 0. The van der Waals surface area contributed by atoms with E-state index in [1.807, 2.05) is 0 Å². The first-order chi connectivity index (χ1) is 7.30. The van der Waals surface area contributed by atoms with E-state index in [9.17, 15) is 0 Å². The second-order valence-corrected chi connectivity index (χ2v) is 4.16. The lowest BCUT2D eigenvalue weighted by molar-refractivity contribution is 0.519. The maximum atomic E-state index is 5.73. The molecule has 1 rings (SSSR count). The van der Waals surface area contributed by atoms with Crippen LogP contribution in [0.25, 0.3) is 0 Å². The Hall–Kier alpha value is -0.690. The second-order valence-electron chi connectivity index (χ2n) is 3.89. The van der Waals surface area contributed by atoms with Crippen LogP contribution in [0.1, 0.15) is 32.3 Å². The van der Waals surface area contributed by atoms with Gasteiger partial charge in [0.25, 0.3) is 0 Å². The van der Waals surface area contributed by atoms with E-state index in [2.05, 4.69) is 43.4 Å². The fraction of sp³-hybridized carbons (Fsp3) is 0.538. The molecule has 0 aliphatic rings. The molecule has 0 aromatic heterocycles. The van der Waals surface area contributed by atoms with Crippen molar-refractivity contribution >= 4 is 17.3 Å². The molecule has 84 valence electrons. The number of hydrogen-bond acceptors (Lipinski definition) is 1. The molecule has 1 N–H and O–H groups in total. The number of benzene rings is 1. The molecular weight excluding hydrogens is 206 g/mol. The molecule has 1 aromatic rings. The maximum Gasteiger partial charge on any atom is 0.0474 e. The lowest BCUT2D eigenvalue weighted by Crippen LogP contribution is -2.12. The van der Waals surface area contributed by atoms with Gasteiger partial charge in [0.1, 0.15) is 0 Å². The summed E-state index contributed by atoms with van der Waals surface area (Å²) >= 11 is 5.73. The first-order valence-electron chi connectivity index (χ1n) is 5.68. The lowest BCUT2D eigenvalue weighted by Gasteiger charge is -2.14. The Bertz CT molecular complexity index is 264. The largest absolute Gasteiger partial charge is 0.385 e. The van der Waals surface area contributed by atoms with Crippen LogP contribution in [0.4, 0.5) is 5.69 Å². The normalized spacial score (nSPS) is 10.7. The van der Waals surface area contributed by atoms with Crippen molar-refractivity contribution in [2.45, 2.75) is 32.6 Å². The van der Waals surface area contributed by atoms with Crippen molar-refractivity contribution in [3.8, 4) is 0 Å². The Kier molecular flexibility index (Phi) is 5.56. The summed E-state index contributed by atoms with van der Waals surface area (Å²) < 4.78 is 0. The molecule has 1 aromatic carbocycles. The molecule has 0 heterocycles. The number of nitrogens with one attached hydrogen (secondary N) is 1. The number of halogens is 1. The Labute approximate surface area is 97.8 Å². The van der Waals surface area contributed by atoms with Crippen molar-refractivity contribution in [2.75, 3.05) is 11.9 Å². The average molecular weight is 226 g/mol. The van der Waals surface area contributed by atoms with E-state index in [1.54, 1.807) is 0 Å². The van der Waals surface area contributed by atoms with Crippen LogP contribution in [0.5, 0.6) is 0 Å². The topological polar surface area (TPSA) is 12.0 Å². The predicted octanol–water partition coefficient (Wildman–Crippen LogP) is 4.27. The molecule has 0 amide bonds. The molecule has 0 bridgehead atoms. The molecule has 2 heteroatoms. The van der Waals surface area contributed by atoms with E-state index in [-0.39, 0.29) is 0 Å². The number of anilines is 1. The molecule has 0 aliphatic heterocycles. The van der Waals surface area contributed by atoms with Gasteiger partial charge in [-0.25, -0.2) is 0 Å². The highest BCUT2D eigenvalue weighted by atomic mass is 35.5. The fourth-order valence-electron chi connectivity index (χ4n) is 1.55. The van der Waals surface area contributed by atoms with Gasteiger partial charge < -0.3 is 5.32 Å². The third-order valence-corrected chi connectivity index (χ3v) is 3.17. The minimum atomic E-state index is 0.590. The van der Waals surface area contributed by atoms with Gasteiger partial charge in [0.05, 0.1) is 0 Å². The van der Waals surface area contributed by atoms with Crippen LogP contribution in [0.15, 0.2) is 24.3 Å². The van der Waals surface area contributed by atoms with Crippen LogP contribution in [-0.4, -0.2) is 6.54 Å². The summed E-state index contributed by atoms with van der Waals surface area (Å²) in [5, 5.41) is 3.45. The highest BCUT2D eigenvalue weighted by Gasteiger charge is 2.02. The molecular formula is C13H20ClN. The lowest BCUT2D eigenvalue weighted by atomic mass is 10.0. The van der Waals surface area contributed by atoms with Gasteiger partial charge in [-0.05, 0) is 23.6 Å². The van der Waals surface area contributed by atoms with Crippen molar-refractivity contribution in [1.29, 1.82) is 0 Å². The van der Waals surface area contributed by atoms with Gasteiger partial charge in [-0.1, -0.05) is 38.8 Å². The van der Waals surface area contributed by atoms with Crippen LogP contribution < -0.4 is 5.32 Å². The zero-order valence-electron chi connectivity index (χ0n) is 9.59. The van der Waals surface area contributed by atoms with E-state index in [4.69, 9.17) is 11.6 Å². The minimum absolute atomic E-state index is 0.590. The first-order valence-corrected chi connectivity index (χ1v) is 6.22. The Balaban J connectivity index is 2.43. The Morgan fingerprint density at radius 1 is 1.13 bits per heavy atom. The van der Waals surface area contributed by atoms with Crippen LogP contribution in [-0.2, 0) is 5.88 Å². The van der Waals surface area contributed by atoms with Gasteiger partial charge in [-0.2, -0.15) is 0 Å². The third-order valence-electron chi connectivity index (χ3n) is 2.86. The molecule has 0 aliphatic carbocycles. The quantitative estimate of drug-likeness (QED) is 0.713. The van der Waals surface area contributed by atoms with Crippen molar-refractivity contribution in [1.82, 2.24) is 0 Å². The molecule has 0 unspecified atom stereocenters. The number of hydrogen-bond donors (Lipinski definition) is 1. The van der Waals surface area contributed by atoms with E-state index in [1.165, 1.54) is 24.1 Å². The maximum absolute atomic E-state index is 5.73. The monoisotopic (exact) mass is 225 g/mol. The summed E-state index contributed by atoms with van der Waals surface area (Å²) in [7, 11) is 0. The smallest absolute Gasteiger partial charge is 0.0474 e. The molecule has 0 radical (unpaired) electrons. The van der Waals surface area contributed by atoms with E-state index < -0.39 is 0 Å². The molecule has 0 spiro atoms. The van der Waals surface area contributed by atoms with E-state index >= 15 is 0 Å². The zero-order chi connectivity index (χ0) is 11.1. The molecule has 0 saturated heterocycles. The molecule has 0 saturated carbocycles. The van der Waals surface area contributed by atoms with Crippen molar-refractivity contribution in [2.24, 2.45) is 5.92 Å². The number of alkyl halides is 1. The van der Waals surface area contributed by atoms with Gasteiger partial charge in [0.2, 0.25) is 0 Å². The summed E-state index contributed by atoms with van der Waals surface area (Å²) in [5.41, 5.74) is 2.36. The predicted molar refractivity (Wildman–Crippen MR) is 68.6 cm³/mol. The minimum Gasteiger partial charge on any atom is -0.385 e. The van der Waals surface area contributed by atoms with E-state index in [0.717, 1.165) is 12.5 Å². The zero-order valence-corrected chi connectivity index (χ0v) is 10.3. The van der Waals surface area contributed by atoms with Gasteiger partial charge in [-0.3, -0.25) is 0 Å². The highest BCUT2D eigenvalue weighted by Crippen LogP contribution is 2.13. The fourth-order valence-corrected chi connectivity index (χ4v) is 1.73. The van der Waals surface area contributed by atoms with Crippen molar-refractivity contribution in [3.05, 3.63) is 29.8 Å². The molecule has 1 nitrogen and oxygen atoms in total. The second kappa shape index (κ2) is 6.73.